The van der Waals surface area contributed by atoms with Gasteiger partial charge in [0.2, 0.25) is 0 Å². The minimum Gasteiger partial charge on any atom is -0.345 e. The van der Waals surface area contributed by atoms with E-state index in [1.54, 1.807) is 6.21 Å². The van der Waals surface area contributed by atoms with Crippen molar-refractivity contribution in [3.63, 3.8) is 0 Å². The lowest BCUT2D eigenvalue weighted by molar-refractivity contribution is -0.139. The number of rotatable bonds is 4. The molecule has 5 nitrogen and oxygen atoms in total. The van der Waals surface area contributed by atoms with Gasteiger partial charge in [-0.05, 0) is 66.5 Å². The van der Waals surface area contributed by atoms with Gasteiger partial charge in [0.1, 0.15) is 0 Å². The Morgan fingerprint density at radius 1 is 1.12 bits per heavy atom. The first-order valence-electron chi connectivity index (χ1n) is 9.04. The van der Waals surface area contributed by atoms with Crippen molar-refractivity contribution in [2.24, 2.45) is 5.10 Å². The fourth-order valence-corrected chi connectivity index (χ4v) is 3.03. The Hall–Kier alpha value is -2.69. The highest BCUT2D eigenvalue weighted by Crippen LogP contribution is 2.35. The average Bonchev–Trinajstić information content (AvgIpc) is 3.36. The van der Waals surface area contributed by atoms with Gasteiger partial charge in [-0.3, -0.25) is 9.59 Å². The lowest BCUT2D eigenvalue weighted by atomic mass is 10.0. The van der Waals surface area contributed by atoms with E-state index >= 15 is 0 Å². The van der Waals surface area contributed by atoms with Gasteiger partial charge in [0.05, 0.1) is 6.21 Å². The van der Waals surface area contributed by atoms with Crippen molar-refractivity contribution in [1.29, 1.82) is 0 Å². The molecule has 26 heavy (non-hydrogen) atoms. The third kappa shape index (κ3) is 3.93. The summed E-state index contributed by atoms with van der Waals surface area (Å²) >= 11 is 0. The number of hydrogen-bond acceptors (Lipinski definition) is 3. The molecule has 0 unspecified atom stereocenters. The average molecular weight is 351 g/mol. The van der Waals surface area contributed by atoms with E-state index in [4.69, 9.17) is 0 Å². The zero-order chi connectivity index (χ0) is 18.8. The molecule has 136 valence electrons. The van der Waals surface area contributed by atoms with Gasteiger partial charge in [-0.2, -0.15) is 5.10 Å². The number of amides is 2. The number of carbonyl (C=O) groups excluding carboxylic acids is 2. The van der Waals surface area contributed by atoms with Crippen LogP contribution in [0, 0.1) is 13.8 Å². The van der Waals surface area contributed by atoms with E-state index in [-0.39, 0.29) is 6.04 Å². The Kier molecular flexibility index (Phi) is 5.07. The molecule has 1 fully saturated rings. The molecule has 0 aliphatic heterocycles. The molecule has 0 atom stereocenters. The quantitative estimate of drug-likeness (QED) is 0.504. The molecule has 0 spiro atoms. The van der Waals surface area contributed by atoms with Crippen molar-refractivity contribution in [3.05, 3.63) is 46.5 Å². The van der Waals surface area contributed by atoms with E-state index in [2.05, 4.69) is 67.8 Å². The first-order valence-corrected chi connectivity index (χ1v) is 9.04. The molecule has 3 rings (SSSR count). The summed E-state index contributed by atoms with van der Waals surface area (Å²) in [7, 11) is 0. The van der Waals surface area contributed by atoms with Crippen molar-refractivity contribution in [2.75, 3.05) is 0 Å². The molecule has 3 aliphatic carbocycles. The summed E-state index contributed by atoms with van der Waals surface area (Å²) in [6.45, 7) is 8.51. The van der Waals surface area contributed by atoms with E-state index in [1.165, 1.54) is 16.7 Å². The van der Waals surface area contributed by atoms with Gasteiger partial charge < -0.3 is 5.32 Å². The summed E-state index contributed by atoms with van der Waals surface area (Å²) < 4.78 is 0. The van der Waals surface area contributed by atoms with E-state index < -0.39 is 11.8 Å². The summed E-state index contributed by atoms with van der Waals surface area (Å²) in [5, 5.41) is 6.63. The Morgan fingerprint density at radius 3 is 2.50 bits per heavy atom. The Balaban J connectivity index is 1.80. The molecule has 0 aromatic carbocycles. The number of fused-ring (bicyclic) bond motifs is 1. The first-order chi connectivity index (χ1) is 12.4. The topological polar surface area (TPSA) is 70.6 Å². The maximum absolute atomic E-state index is 11.8. The van der Waals surface area contributed by atoms with E-state index in [9.17, 15) is 9.59 Å². The van der Waals surface area contributed by atoms with Crippen molar-refractivity contribution in [3.8, 4) is 11.1 Å². The Labute approximate surface area is 154 Å². The van der Waals surface area contributed by atoms with Crippen LogP contribution in [0.3, 0.4) is 0 Å². The molecule has 0 heterocycles. The summed E-state index contributed by atoms with van der Waals surface area (Å²) in [6, 6.07) is 8.71. The highest BCUT2D eigenvalue weighted by molar-refractivity contribution is 6.35. The minimum absolute atomic E-state index is 0.150. The monoisotopic (exact) mass is 351 g/mol. The van der Waals surface area contributed by atoms with Crippen LogP contribution in [0.4, 0.5) is 0 Å². The number of aryl methyl sites for hydroxylation is 2. The van der Waals surface area contributed by atoms with Crippen LogP contribution in [0.15, 0.2) is 29.4 Å². The largest absolute Gasteiger partial charge is 0.345 e. The van der Waals surface area contributed by atoms with Crippen molar-refractivity contribution in [2.45, 2.75) is 52.5 Å². The number of hydrogen-bond donors (Lipinski definition) is 2. The van der Waals surface area contributed by atoms with Crippen LogP contribution >= 0.6 is 0 Å². The van der Waals surface area contributed by atoms with Gasteiger partial charge in [-0.25, -0.2) is 5.43 Å². The molecule has 2 amide bonds. The van der Waals surface area contributed by atoms with Crippen molar-refractivity contribution in [1.82, 2.24) is 10.7 Å². The molecule has 0 saturated heterocycles. The van der Waals surface area contributed by atoms with Crippen molar-refractivity contribution >= 4 is 18.0 Å². The molecular formula is C21H25N3O2. The van der Waals surface area contributed by atoms with Crippen LogP contribution < -0.4 is 10.7 Å². The van der Waals surface area contributed by atoms with Gasteiger partial charge in [0.25, 0.3) is 0 Å². The first kappa shape index (κ1) is 18.1. The number of nitrogens with zero attached hydrogens (tertiary/aromatic N) is 1. The van der Waals surface area contributed by atoms with Crippen LogP contribution in [0.5, 0.6) is 0 Å². The lowest BCUT2D eigenvalue weighted by Gasteiger charge is -2.04. The zero-order valence-electron chi connectivity index (χ0n) is 15.7. The van der Waals surface area contributed by atoms with Gasteiger partial charge in [-0.1, -0.05) is 32.0 Å². The van der Waals surface area contributed by atoms with Gasteiger partial charge in [-0.15, -0.1) is 0 Å². The van der Waals surface area contributed by atoms with Gasteiger partial charge in [0.15, 0.2) is 0 Å². The summed E-state index contributed by atoms with van der Waals surface area (Å²) in [6.07, 6.45) is 3.49. The van der Waals surface area contributed by atoms with E-state index in [0.29, 0.717) is 5.92 Å². The summed E-state index contributed by atoms with van der Waals surface area (Å²) in [4.78, 5) is 23.4. The Bertz CT molecular complexity index is 851. The molecule has 5 heteroatoms. The minimum atomic E-state index is -0.731. The normalized spacial score (nSPS) is 14.2. The maximum atomic E-state index is 11.8. The van der Waals surface area contributed by atoms with Crippen LogP contribution in [-0.4, -0.2) is 24.1 Å². The predicted octanol–water partition coefficient (Wildman–Crippen LogP) is 3.26. The Morgan fingerprint density at radius 2 is 1.85 bits per heavy atom. The highest BCUT2D eigenvalue weighted by atomic mass is 16.2. The third-order valence-corrected chi connectivity index (χ3v) is 4.74. The molecule has 0 radical (unpaired) electrons. The van der Waals surface area contributed by atoms with Crippen LogP contribution in [0.1, 0.15) is 54.9 Å². The molecule has 2 N–H and O–H groups in total. The summed E-state index contributed by atoms with van der Waals surface area (Å²) in [5.74, 6) is -0.914. The maximum Gasteiger partial charge on any atom is 0.329 e. The van der Waals surface area contributed by atoms with Crippen LogP contribution in [-0.2, 0) is 9.59 Å². The number of hydrazone groups is 1. The zero-order valence-corrected chi connectivity index (χ0v) is 15.7. The smallest absolute Gasteiger partial charge is 0.329 e. The van der Waals surface area contributed by atoms with Gasteiger partial charge >= 0.3 is 11.8 Å². The lowest BCUT2D eigenvalue weighted by Crippen LogP contribution is -2.38. The molecule has 3 aliphatic rings. The fourth-order valence-electron chi connectivity index (χ4n) is 3.03. The van der Waals surface area contributed by atoms with Crippen LogP contribution in [0.2, 0.25) is 0 Å². The summed E-state index contributed by atoms with van der Waals surface area (Å²) in [5.41, 5.74) is 9.16. The fraction of sp³-hybridized carbons (Fsp3) is 0.381. The molecule has 0 aromatic heterocycles. The molecule has 0 bridgehead atoms. The predicted molar refractivity (Wildman–Crippen MR) is 104 cm³/mol. The second kappa shape index (κ2) is 7.28. The second-order valence-corrected chi connectivity index (χ2v) is 7.33. The SMILES string of the molecule is Cc1cc(/C=N\NC(=O)C(=O)NC2CC2)c2c(C)ccc(C(C)C)cc1-2. The van der Waals surface area contributed by atoms with Gasteiger partial charge in [0, 0.05) is 11.6 Å². The van der Waals surface area contributed by atoms with Crippen LogP contribution in [0.25, 0.3) is 11.1 Å². The van der Waals surface area contributed by atoms with Crippen molar-refractivity contribution < 1.29 is 9.59 Å². The standard InChI is InChI=1S/C21H25N3O2/c1-12(2)15-6-5-13(3)19-16(9-14(4)18(19)10-15)11-22-24-21(26)20(25)23-17-7-8-17/h5-6,9-12,17H,7-8H2,1-4H3,(H,23,25)(H,24,26)/b22-11-. The number of carbonyl (C=O) groups is 2. The third-order valence-electron chi connectivity index (χ3n) is 4.74. The molecule has 0 aromatic rings. The molecule has 1 saturated carbocycles. The number of nitrogens with one attached hydrogen (secondary N) is 2. The second-order valence-electron chi connectivity index (χ2n) is 7.33. The molecular weight excluding hydrogens is 326 g/mol. The van der Waals surface area contributed by atoms with E-state index in [1.807, 2.05) is 0 Å². The van der Waals surface area contributed by atoms with E-state index in [0.717, 1.165) is 29.5 Å². The highest BCUT2D eigenvalue weighted by Gasteiger charge is 2.26.